The smallest absolute Gasteiger partial charge is 0.460 e. The van der Waals surface area contributed by atoms with Crippen LogP contribution in [-0.2, 0) is 20.7 Å². The normalized spacial score (nSPS) is 13.6. The molecule has 0 saturated carbocycles. The van der Waals surface area contributed by atoms with Gasteiger partial charge in [-0.15, -0.1) is 0 Å². The molecule has 0 spiro atoms. The van der Waals surface area contributed by atoms with Crippen molar-refractivity contribution in [1.29, 1.82) is 0 Å². The van der Waals surface area contributed by atoms with Crippen molar-refractivity contribution >= 4 is 127 Å². The van der Waals surface area contributed by atoms with Crippen LogP contribution in [-0.4, -0.2) is 12.0 Å². The predicted molar refractivity (Wildman–Crippen MR) is 174 cm³/mol. The predicted octanol–water partition coefficient (Wildman–Crippen LogP) is 8.00. The molecule has 1 unspecified atom stereocenters. The SMILES string of the molecule is C[C@H](NP(=O)(Oc1ccccc1)Oc1c(I)c(I)c(I)c(I)c1I)C(=O)OCc1ccccc1. The molecule has 0 fully saturated rings. The molecule has 0 aliphatic rings. The average molecular weight is 1040 g/mol. The number of hydrogen-bond acceptors (Lipinski definition) is 5. The minimum atomic E-state index is -4.05. The number of hydrogen-bond donors (Lipinski definition) is 1. The molecule has 0 radical (unpaired) electrons. The van der Waals surface area contributed by atoms with Gasteiger partial charge in [0, 0.05) is 10.7 Å². The van der Waals surface area contributed by atoms with Gasteiger partial charge < -0.3 is 13.8 Å². The van der Waals surface area contributed by atoms with Gasteiger partial charge in [-0.1, -0.05) is 48.5 Å². The highest BCUT2D eigenvalue weighted by Gasteiger charge is 2.36. The van der Waals surface area contributed by atoms with E-state index in [1.54, 1.807) is 31.2 Å². The van der Waals surface area contributed by atoms with Gasteiger partial charge in [-0.3, -0.25) is 4.79 Å². The van der Waals surface area contributed by atoms with E-state index in [0.29, 0.717) is 11.5 Å². The Morgan fingerprint density at radius 2 is 1.32 bits per heavy atom. The highest BCUT2D eigenvalue weighted by Crippen LogP contribution is 2.49. The topological polar surface area (TPSA) is 73.9 Å². The van der Waals surface area contributed by atoms with Crippen LogP contribution in [0.5, 0.6) is 11.5 Å². The standard InChI is InChI=1S/C22H17I5NO5P/c1-13(22(29)31-12-14-8-4-2-5-9-14)28-34(30,32-15-10-6-3-7-11-15)33-21-19(26)17(24)16(23)18(25)20(21)27/h2-11,13H,12H2,1H3,(H,28,30)/t13-,34?/m0/s1. The zero-order chi connectivity index (χ0) is 24.9. The number of ether oxygens (including phenoxy) is 1. The first kappa shape index (κ1) is 29.1. The summed E-state index contributed by atoms with van der Waals surface area (Å²) in [4.78, 5) is 12.7. The Hall–Kier alpha value is 0.570. The van der Waals surface area contributed by atoms with E-state index in [-0.39, 0.29) is 6.61 Å². The molecule has 3 aromatic rings. The van der Waals surface area contributed by atoms with Crippen LogP contribution in [0.15, 0.2) is 60.7 Å². The Labute approximate surface area is 266 Å². The van der Waals surface area contributed by atoms with Gasteiger partial charge in [0.05, 0.1) is 7.14 Å². The molecule has 0 aliphatic heterocycles. The van der Waals surface area contributed by atoms with E-state index < -0.39 is 19.8 Å². The molecule has 2 atom stereocenters. The van der Waals surface area contributed by atoms with E-state index in [1.807, 2.05) is 36.4 Å². The second kappa shape index (κ2) is 13.4. The zero-order valence-electron chi connectivity index (χ0n) is 17.4. The average Bonchev–Trinajstić information content (AvgIpc) is 2.84. The number of carbonyl (C=O) groups excluding carboxylic acids is 1. The van der Waals surface area contributed by atoms with Gasteiger partial charge in [0.25, 0.3) is 0 Å². The number of esters is 1. The third-order valence-electron chi connectivity index (χ3n) is 4.28. The third kappa shape index (κ3) is 7.79. The number of carbonyl (C=O) groups is 1. The van der Waals surface area contributed by atoms with E-state index in [1.165, 1.54) is 0 Å². The molecule has 1 N–H and O–H groups in total. The summed E-state index contributed by atoms with van der Waals surface area (Å²) >= 11 is 11.1. The Balaban J connectivity index is 1.86. The van der Waals surface area contributed by atoms with Gasteiger partial charge in [0.2, 0.25) is 0 Å². The highest BCUT2D eigenvalue weighted by molar-refractivity contribution is 14.1. The summed E-state index contributed by atoms with van der Waals surface area (Å²) in [5.41, 5.74) is 0.857. The maximum absolute atomic E-state index is 14.0. The first-order valence-electron chi connectivity index (χ1n) is 9.65. The summed E-state index contributed by atoms with van der Waals surface area (Å²) in [5.74, 6) is 0.218. The van der Waals surface area contributed by atoms with Crippen LogP contribution >= 0.6 is 121 Å². The summed E-state index contributed by atoms with van der Waals surface area (Å²) < 4.78 is 35.9. The molecule has 0 heterocycles. The van der Waals surface area contributed by atoms with E-state index in [0.717, 1.165) is 23.4 Å². The summed E-state index contributed by atoms with van der Waals surface area (Å²) in [5, 5.41) is 2.76. The second-order valence-electron chi connectivity index (χ2n) is 6.84. The molecular formula is C22H17I5NO5P. The van der Waals surface area contributed by atoms with E-state index in [4.69, 9.17) is 13.8 Å². The lowest BCUT2D eigenvalue weighted by Gasteiger charge is -2.25. The van der Waals surface area contributed by atoms with Crippen molar-refractivity contribution in [1.82, 2.24) is 5.09 Å². The first-order valence-corrected chi connectivity index (χ1v) is 16.6. The van der Waals surface area contributed by atoms with E-state index in [2.05, 4.69) is 118 Å². The van der Waals surface area contributed by atoms with Gasteiger partial charge in [0.15, 0.2) is 5.75 Å². The fourth-order valence-corrected chi connectivity index (χ4v) is 9.44. The van der Waals surface area contributed by atoms with Gasteiger partial charge in [-0.2, -0.15) is 5.09 Å². The van der Waals surface area contributed by atoms with Crippen molar-refractivity contribution < 1.29 is 23.1 Å². The van der Waals surface area contributed by atoms with Gasteiger partial charge in [0.1, 0.15) is 18.4 Å². The van der Waals surface area contributed by atoms with Gasteiger partial charge >= 0.3 is 13.7 Å². The number of para-hydroxylation sites is 1. The maximum atomic E-state index is 14.0. The quantitative estimate of drug-likeness (QED) is 0.0771. The van der Waals surface area contributed by atoms with Crippen LogP contribution in [0.4, 0.5) is 0 Å². The van der Waals surface area contributed by atoms with Gasteiger partial charge in [-0.25, -0.2) is 4.57 Å². The van der Waals surface area contributed by atoms with Crippen molar-refractivity contribution in [3.63, 3.8) is 0 Å². The fraction of sp³-hybridized carbons (Fsp3) is 0.136. The van der Waals surface area contributed by atoms with Crippen LogP contribution < -0.4 is 14.1 Å². The van der Waals surface area contributed by atoms with E-state index in [9.17, 15) is 9.36 Å². The molecule has 6 nitrogen and oxygen atoms in total. The molecule has 0 aromatic heterocycles. The molecular weight excluding hydrogens is 1020 g/mol. The lowest BCUT2D eigenvalue weighted by molar-refractivity contribution is -0.146. The molecule has 0 bridgehead atoms. The Bertz CT molecular complexity index is 1180. The lowest BCUT2D eigenvalue weighted by atomic mass is 10.2. The van der Waals surface area contributed by atoms with Crippen LogP contribution in [0.3, 0.4) is 0 Å². The minimum Gasteiger partial charge on any atom is -0.460 e. The van der Waals surface area contributed by atoms with Crippen molar-refractivity contribution in [3.8, 4) is 11.5 Å². The van der Waals surface area contributed by atoms with Crippen molar-refractivity contribution in [2.45, 2.75) is 19.6 Å². The van der Waals surface area contributed by atoms with Crippen LogP contribution in [0, 0.1) is 17.9 Å². The van der Waals surface area contributed by atoms with E-state index >= 15 is 0 Å². The third-order valence-corrected chi connectivity index (χ3v) is 15.3. The Morgan fingerprint density at radius 1 is 0.824 bits per heavy atom. The number of rotatable bonds is 9. The summed E-state index contributed by atoms with van der Waals surface area (Å²) in [6, 6.07) is 17.1. The fourth-order valence-electron chi connectivity index (χ4n) is 2.62. The Morgan fingerprint density at radius 3 is 1.88 bits per heavy atom. The zero-order valence-corrected chi connectivity index (χ0v) is 29.1. The number of nitrogens with one attached hydrogen (secondary N) is 1. The molecule has 0 amide bonds. The van der Waals surface area contributed by atoms with Gasteiger partial charge in [-0.05, 0) is 138 Å². The van der Waals surface area contributed by atoms with Crippen LogP contribution in [0.25, 0.3) is 0 Å². The Kier molecular flexibility index (Phi) is 11.5. The largest absolute Gasteiger partial charge is 0.513 e. The molecule has 3 aromatic carbocycles. The summed E-state index contributed by atoms with van der Waals surface area (Å²) in [7, 11) is -4.05. The summed E-state index contributed by atoms with van der Waals surface area (Å²) in [6.45, 7) is 1.68. The lowest BCUT2D eigenvalue weighted by Crippen LogP contribution is -2.36. The molecule has 0 saturated heterocycles. The first-order chi connectivity index (χ1) is 16.1. The van der Waals surface area contributed by atoms with Crippen molar-refractivity contribution in [2.75, 3.05) is 0 Å². The highest BCUT2D eigenvalue weighted by atomic mass is 127. The minimum absolute atomic E-state index is 0.111. The number of benzene rings is 3. The van der Waals surface area contributed by atoms with Crippen molar-refractivity contribution in [2.24, 2.45) is 0 Å². The van der Waals surface area contributed by atoms with Crippen molar-refractivity contribution in [3.05, 3.63) is 84.1 Å². The monoisotopic (exact) mass is 1040 g/mol. The van der Waals surface area contributed by atoms with Crippen LogP contribution in [0.2, 0.25) is 0 Å². The maximum Gasteiger partial charge on any atom is 0.513 e. The summed E-state index contributed by atoms with van der Waals surface area (Å²) in [6.07, 6.45) is 0. The molecule has 180 valence electrons. The second-order valence-corrected chi connectivity index (χ2v) is 13.8. The molecule has 0 aliphatic carbocycles. The molecule has 34 heavy (non-hydrogen) atoms. The number of halogens is 5. The molecule has 3 rings (SSSR count). The van der Waals surface area contributed by atoms with Crippen LogP contribution in [0.1, 0.15) is 12.5 Å². The molecule has 12 heteroatoms.